The van der Waals surface area contributed by atoms with Crippen molar-refractivity contribution in [1.29, 1.82) is 0 Å². The van der Waals surface area contributed by atoms with E-state index in [1.54, 1.807) is 12.0 Å². The zero-order valence-electron chi connectivity index (χ0n) is 20.4. The van der Waals surface area contributed by atoms with Crippen LogP contribution in [-0.4, -0.2) is 41.7 Å². The lowest BCUT2D eigenvalue weighted by Crippen LogP contribution is -2.39. The molecule has 5 rings (SSSR count). The Bertz CT molecular complexity index is 1160. The zero-order valence-corrected chi connectivity index (χ0v) is 21.2. The van der Waals surface area contributed by atoms with Crippen molar-refractivity contribution < 1.29 is 23.8 Å². The molecular formula is C26H31N3O5S. The second kappa shape index (κ2) is 9.97. The normalized spacial score (nSPS) is 23.7. The quantitative estimate of drug-likeness (QED) is 0.478. The Morgan fingerprint density at radius 3 is 2.71 bits per heavy atom. The fraction of sp³-hybridized carbons (Fsp3) is 0.538. The highest BCUT2D eigenvalue weighted by Crippen LogP contribution is 2.49. The number of Topliss-reactive ketones (excluding diaryl/α,β-unsaturated/α-hetero) is 1. The van der Waals surface area contributed by atoms with E-state index in [0.29, 0.717) is 28.8 Å². The molecule has 3 aliphatic rings. The molecule has 35 heavy (non-hydrogen) atoms. The SMILES string of the molecule is CCCCCOc1ccc(C2C3=C(OC4CCCCC4C3=O)C(=O)N2c2nnc(C)s2)cc1OC. The molecule has 3 atom stereocenters. The van der Waals surface area contributed by atoms with Crippen LogP contribution in [0.15, 0.2) is 29.5 Å². The number of hydrogen-bond donors (Lipinski definition) is 0. The molecule has 1 aromatic carbocycles. The topological polar surface area (TPSA) is 90.9 Å². The van der Waals surface area contributed by atoms with E-state index in [4.69, 9.17) is 14.2 Å². The summed E-state index contributed by atoms with van der Waals surface area (Å²) in [5.74, 6) is 0.831. The van der Waals surface area contributed by atoms with Crippen LogP contribution in [0.1, 0.15) is 68.5 Å². The van der Waals surface area contributed by atoms with Crippen LogP contribution in [-0.2, 0) is 14.3 Å². The van der Waals surface area contributed by atoms with Gasteiger partial charge in [-0.3, -0.25) is 14.5 Å². The number of benzene rings is 1. The summed E-state index contributed by atoms with van der Waals surface area (Å²) in [6, 6.07) is 4.95. The van der Waals surface area contributed by atoms with E-state index in [0.717, 1.165) is 55.5 Å². The average Bonchev–Trinajstić information content (AvgIpc) is 3.42. The molecule has 1 fully saturated rings. The summed E-state index contributed by atoms with van der Waals surface area (Å²) < 4.78 is 17.8. The number of nitrogens with zero attached hydrogens (tertiary/aromatic N) is 3. The van der Waals surface area contributed by atoms with Gasteiger partial charge in [0.25, 0.3) is 5.91 Å². The summed E-state index contributed by atoms with van der Waals surface area (Å²) in [5, 5.41) is 9.55. The van der Waals surface area contributed by atoms with Crippen LogP contribution < -0.4 is 14.4 Å². The van der Waals surface area contributed by atoms with E-state index in [-0.39, 0.29) is 29.5 Å². The number of amides is 1. The summed E-state index contributed by atoms with van der Waals surface area (Å²) in [5.41, 5.74) is 1.17. The molecule has 0 bridgehead atoms. The van der Waals surface area contributed by atoms with Crippen LogP contribution in [0.2, 0.25) is 0 Å². The molecule has 3 unspecified atom stereocenters. The zero-order chi connectivity index (χ0) is 24.5. The first-order valence-electron chi connectivity index (χ1n) is 12.4. The highest BCUT2D eigenvalue weighted by molar-refractivity contribution is 7.15. The molecule has 2 aliphatic heterocycles. The van der Waals surface area contributed by atoms with E-state index in [9.17, 15) is 9.59 Å². The fourth-order valence-electron chi connectivity index (χ4n) is 5.25. The average molecular weight is 498 g/mol. The monoisotopic (exact) mass is 497 g/mol. The largest absolute Gasteiger partial charge is 0.493 e. The minimum Gasteiger partial charge on any atom is -0.493 e. The van der Waals surface area contributed by atoms with Gasteiger partial charge in [0.05, 0.1) is 31.2 Å². The van der Waals surface area contributed by atoms with Gasteiger partial charge in [0, 0.05) is 0 Å². The van der Waals surface area contributed by atoms with Gasteiger partial charge in [-0.05, 0) is 50.3 Å². The highest BCUT2D eigenvalue weighted by Gasteiger charge is 2.53. The third kappa shape index (κ3) is 4.30. The molecule has 0 N–H and O–H groups in total. The summed E-state index contributed by atoms with van der Waals surface area (Å²) in [6.07, 6.45) is 6.53. The highest BCUT2D eigenvalue weighted by atomic mass is 32.1. The second-order valence-corrected chi connectivity index (χ2v) is 10.5. The van der Waals surface area contributed by atoms with Crippen molar-refractivity contribution in [3.05, 3.63) is 40.1 Å². The third-order valence-corrected chi connectivity index (χ3v) is 7.83. The molecular weight excluding hydrogens is 466 g/mol. The molecule has 0 spiro atoms. The van der Waals surface area contributed by atoms with Crippen LogP contribution in [0.3, 0.4) is 0 Å². The molecule has 0 radical (unpaired) electrons. The number of methoxy groups -OCH3 is 1. The van der Waals surface area contributed by atoms with E-state index < -0.39 is 6.04 Å². The maximum Gasteiger partial charge on any atom is 0.296 e. The van der Waals surface area contributed by atoms with Crippen LogP contribution >= 0.6 is 11.3 Å². The smallest absolute Gasteiger partial charge is 0.296 e. The van der Waals surface area contributed by atoms with Crippen LogP contribution in [0.25, 0.3) is 0 Å². The third-order valence-electron chi connectivity index (χ3n) is 6.99. The number of carbonyl (C=O) groups excluding carboxylic acids is 2. The molecule has 8 nitrogen and oxygen atoms in total. The van der Waals surface area contributed by atoms with Gasteiger partial charge in [0.1, 0.15) is 11.1 Å². The molecule has 1 aliphatic carbocycles. The van der Waals surface area contributed by atoms with Crippen LogP contribution in [0, 0.1) is 12.8 Å². The van der Waals surface area contributed by atoms with Gasteiger partial charge in [0.2, 0.25) is 5.13 Å². The minimum atomic E-state index is -0.650. The fourth-order valence-corrected chi connectivity index (χ4v) is 5.96. The first-order valence-corrected chi connectivity index (χ1v) is 13.2. The molecule has 1 amide bonds. The number of rotatable bonds is 8. The number of aromatic nitrogens is 2. The predicted molar refractivity (Wildman–Crippen MR) is 132 cm³/mol. The summed E-state index contributed by atoms with van der Waals surface area (Å²) in [6.45, 7) is 4.60. The van der Waals surface area contributed by atoms with Crippen molar-refractivity contribution in [3.8, 4) is 11.5 Å². The van der Waals surface area contributed by atoms with Gasteiger partial charge < -0.3 is 14.2 Å². The summed E-state index contributed by atoms with van der Waals surface area (Å²) in [4.78, 5) is 29.0. The van der Waals surface area contributed by atoms with Crippen molar-refractivity contribution >= 4 is 28.2 Å². The maximum absolute atomic E-state index is 13.8. The van der Waals surface area contributed by atoms with Crippen molar-refractivity contribution in [3.63, 3.8) is 0 Å². The first-order chi connectivity index (χ1) is 17.0. The number of aryl methyl sites for hydroxylation is 1. The molecule has 9 heteroatoms. The molecule has 3 heterocycles. The Balaban J connectivity index is 1.55. The lowest BCUT2D eigenvalue weighted by Gasteiger charge is -2.35. The number of anilines is 1. The van der Waals surface area contributed by atoms with Crippen molar-refractivity contribution in [2.24, 2.45) is 5.92 Å². The Morgan fingerprint density at radius 1 is 1.14 bits per heavy atom. The standard InChI is InChI=1S/C26H31N3O5S/c1-4-5-8-13-33-19-12-11-16(14-20(19)32-3)22-21-23(30)17-9-6-7-10-18(17)34-24(21)25(31)29(22)26-28-27-15(2)35-26/h11-12,14,17-18,22H,4-10,13H2,1-3H3. The Hall–Kier alpha value is -2.94. The van der Waals surface area contributed by atoms with Crippen LogP contribution in [0.4, 0.5) is 5.13 Å². The number of ether oxygens (including phenoxy) is 3. The Labute approximate surface area is 209 Å². The Kier molecular flexibility index (Phi) is 6.77. The van der Waals surface area contributed by atoms with Gasteiger partial charge in [-0.1, -0.05) is 43.6 Å². The number of hydrogen-bond acceptors (Lipinski definition) is 8. The van der Waals surface area contributed by atoms with E-state index in [2.05, 4.69) is 17.1 Å². The van der Waals surface area contributed by atoms with Gasteiger partial charge in [0.15, 0.2) is 23.0 Å². The second-order valence-electron chi connectivity index (χ2n) is 9.30. The molecule has 1 aromatic heterocycles. The van der Waals surface area contributed by atoms with E-state index in [1.165, 1.54) is 11.3 Å². The lowest BCUT2D eigenvalue weighted by atomic mass is 9.77. The summed E-state index contributed by atoms with van der Waals surface area (Å²) >= 11 is 1.32. The van der Waals surface area contributed by atoms with Gasteiger partial charge in [-0.25, -0.2) is 0 Å². The van der Waals surface area contributed by atoms with E-state index >= 15 is 0 Å². The minimum absolute atomic E-state index is 0.0110. The first kappa shape index (κ1) is 23.8. The lowest BCUT2D eigenvalue weighted by molar-refractivity contribution is -0.131. The van der Waals surface area contributed by atoms with Crippen LogP contribution in [0.5, 0.6) is 11.5 Å². The number of unbranched alkanes of at least 4 members (excludes halogenated alkanes) is 2. The van der Waals surface area contributed by atoms with Crippen molar-refractivity contribution in [2.75, 3.05) is 18.6 Å². The molecule has 0 saturated heterocycles. The van der Waals surface area contributed by atoms with Gasteiger partial charge in [-0.15, -0.1) is 10.2 Å². The summed E-state index contributed by atoms with van der Waals surface area (Å²) in [7, 11) is 1.59. The maximum atomic E-state index is 13.8. The van der Waals surface area contributed by atoms with Gasteiger partial charge in [-0.2, -0.15) is 0 Å². The molecule has 186 valence electrons. The van der Waals surface area contributed by atoms with E-state index in [1.807, 2.05) is 25.1 Å². The Morgan fingerprint density at radius 2 is 1.97 bits per heavy atom. The molecule has 1 saturated carbocycles. The predicted octanol–water partition coefficient (Wildman–Crippen LogP) is 4.92. The van der Waals surface area contributed by atoms with Crippen molar-refractivity contribution in [1.82, 2.24) is 10.2 Å². The number of carbonyl (C=O) groups is 2. The molecule has 2 aromatic rings. The number of ketones is 1. The number of fused-ring (bicyclic) bond motifs is 1. The van der Waals surface area contributed by atoms with Crippen molar-refractivity contribution in [2.45, 2.75) is 70.9 Å². The van der Waals surface area contributed by atoms with Gasteiger partial charge >= 0.3 is 0 Å².